The van der Waals surface area contributed by atoms with Crippen LogP contribution in [0, 0.1) is 5.92 Å². The van der Waals surface area contributed by atoms with Crippen molar-refractivity contribution in [3.8, 4) is 0 Å². The fraction of sp³-hybridized carbons (Fsp3) is 0.333. The van der Waals surface area contributed by atoms with E-state index in [1.54, 1.807) is 0 Å². The third-order valence-corrected chi connectivity index (χ3v) is 2.17. The van der Waals surface area contributed by atoms with Gasteiger partial charge in [0.05, 0.1) is 5.57 Å². The fourth-order valence-electron chi connectivity index (χ4n) is 1.37. The maximum absolute atomic E-state index is 13.8. The van der Waals surface area contributed by atoms with Gasteiger partial charge < -0.3 is 10.2 Å². The SMILES string of the molecule is CC1(F)C(C(=O)O)=CC=CC1C(=O)O. The van der Waals surface area contributed by atoms with E-state index in [0.717, 1.165) is 19.1 Å². The van der Waals surface area contributed by atoms with E-state index in [2.05, 4.69) is 0 Å². The van der Waals surface area contributed by atoms with E-state index in [9.17, 15) is 14.0 Å². The van der Waals surface area contributed by atoms with Crippen molar-refractivity contribution in [3.05, 3.63) is 23.8 Å². The topological polar surface area (TPSA) is 74.6 Å². The van der Waals surface area contributed by atoms with Crippen LogP contribution in [0.5, 0.6) is 0 Å². The summed E-state index contributed by atoms with van der Waals surface area (Å²) in [7, 11) is 0. The summed E-state index contributed by atoms with van der Waals surface area (Å²) in [6, 6.07) is 0. The maximum atomic E-state index is 13.8. The average Bonchev–Trinajstić information content (AvgIpc) is 2.01. The van der Waals surface area contributed by atoms with Crippen molar-refractivity contribution < 1.29 is 24.2 Å². The minimum absolute atomic E-state index is 0.535. The molecule has 0 aliphatic heterocycles. The Morgan fingerprint density at radius 3 is 2.50 bits per heavy atom. The zero-order valence-corrected chi connectivity index (χ0v) is 7.40. The zero-order valence-electron chi connectivity index (χ0n) is 7.40. The van der Waals surface area contributed by atoms with Crippen LogP contribution < -0.4 is 0 Å². The van der Waals surface area contributed by atoms with Gasteiger partial charge in [-0.25, -0.2) is 9.18 Å². The molecule has 0 aromatic rings. The van der Waals surface area contributed by atoms with Gasteiger partial charge in [-0.3, -0.25) is 4.79 Å². The number of carboxylic acids is 2. The largest absolute Gasteiger partial charge is 0.481 e. The highest BCUT2D eigenvalue weighted by Crippen LogP contribution is 2.34. The second-order valence-electron chi connectivity index (χ2n) is 3.16. The lowest BCUT2D eigenvalue weighted by Crippen LogP contribution is -2.40. The molecule has 0 saturated heterocycles. The van der Waals surface area contributed by atoms with Gasteiger partial charge in [-0.15, -0.1) is 0 Å². The lowest BCUT2D eigenvalue weighted by atomic mass is 9.80. The first-order valence-electron chi connectivity index (χ1n) is 3.91. The third kappa shape index (κ3) is 1.53. The number of carboxylic acid groups (broad SMARTS) is 2. The first kappa shape index (κ1) is 10.4. The molecule has 2 atom stereocenters. The standard InChI is InChI=1S/C9H9FO4/c1-9(10)5(7(11)12)3-2-4-6(9)8(13)14/h2-5H,1H3,(H,11,12)(H,13,14). The summed E-state index contributed by atoms with van der Waals surface area (Å²) in [4.78, 5) is 21.2. The Labute approximate surface area is 79.4 Å². The fourth-order valence-corrected chi connectivity index (χ4v) is 1.37. The molecule has 0 aromatic heterocycles. The van der Waals surface area contributed by atoms with Crippen molar-refractivity contribution in [2.24, 2.45) is 5.92 Å². The second-order valence-corrected chi connectivity index (χ2v) is 3.16. The molecule has 1 aliphatic rings. The molecule has 0 heterocycles. The predicted octanol–water partition coefficient (Wildman–Crippen LogP) is 0.996. The summed E-state index contributed by atoms with van der Waals surface area (Å²) in [5.74, 6) is -4.26. The first-order valence-corrected chi connectivity index (χ1v) is 3.91. The van der Waals surface area contributed by atoms with Gasteiger partial charge in [0.1, 0.15) is 5.92 Å². The molecule has 1 rings (SSSR count). The molecule has 0 aromatic carbocycles. The van der Waals surface area contributed by atoms with E-state index in [4.69, 9.17) is 10.2 Å². The van der Waals surface area contributed by atoms with Crippen LogP contribution in [-0.4, -0.2) is 27.8 Å². The molecule has 76 valence electrons. The van der Waals surface area contributed by atoms with E-state index < -0.39 is 29.1 Å². The van der Waals surface area contributed by atoms with Crippen molar-refractivity contribution in [2.45, 2.75) is 12.6 Å². The summed E-state index contributed by atoms with van der Waals surface area (Å²) in [6.07, 6.45) is 3.44. The number of rotatable bonds is 2. The lowest BCUT2D eigenvalue weighted by Gasteiger charge is -2.27. The maximum Gasteiger partial charge on any atom is 0.334 e. The molecule has 0 fully saturated rings. The normalized spacial score (nSPS) is 31.0. The monoisotopic (exact) mass is 200 g/mol. The Kier molecular flexibility index (Phi) is 2.42. The molecule has 4 nitrogen and oxygen atoms in total. The Hall–Kier alpha value is -1.65. The summed E-state index contributed by atoms with van der Waals surface area (Å²) in [5.41, 5.74) is -2.90. The predicted molar refractivity (Wildman–Crippen MR) is 45.5 cm³/mol. The number of hydrogen-bond acceptors (Lipinski definition) is 2. The Morgan fingerprint density at radius 1 is 1.50 bits per heavy atom. The van der Waals surface area contributed by atoms with Crippen molar-refractivity contribution in [3.63, 3.8) is 0 Å². The molecular weight excluding hydrogens is 191 g/mol. The van der Waals surface area contributed by atoms with Crippen molar-refractivity contribution in [1.82, 2.24) is 0 Å². The number of carbonyl (C=O) groups is 2. The van der Waals surface area contributed by atoms with Gasteiger partial charge >= 0.3 is 11.9 Å². The third-order valence-electron chi connectivity index (χ3n) is 2.17. The molecule has 2 unspecified atom stereocenters. The number of allylic oxidation sites excluding steroid dienone is 2. The highest BCUT2D eigenvalue weighted by atomic mass is 19.1. The summed E-state index contributed by atoms with van der Waals surface area (Å²) in [5, 5.41) is 17.3. The number of aliphatic carboxylic acids is 2. The van der Waals surface area contributed by atoms with E-state index in [-0.39, 0.29) is 0 Å². The first-order chi connectivity index (χ1) is 6.37. The van der Waals surface area contributed by atoms with Crippen molar-refractivity contribution in [2.75, 3.05) is 0 Å². The van der Waals surface area contributed by atoms with Crippen LogP contribution in [0.25, 0.3) is 0 Å². The molecule has 5 heteroatoms. The summed E-state index contributed by atoms with van der Waals surface area (Å²) >= 11 is 0. The number of alkyl halides is 1. The van der Waals surface area contributed by atoms with E-state index in [1.807, 2.05) is 0 Å². The van der Waals surface area contributed by atoms with E-state index in [1.165, 1.54) is 6.08 Å². The van der Waals surface area contributed by atoms with Crippen LogP contribution in [0.15, 0.2) is 23.8 Å². The van der Waals surface area contributed by atoms with Gasteiger partial charge in [-0.05, 0) is 13.0 Å². The quantitative estimate of drug-likeness (QED) is 0.697. The van der Waals surface area contributed by atoms with Gasteiger partial charge in [0, 0.05) is 0 Å². The Morgan fingerprint density at radius 2 is 2.07 bits per heavy atom. The van der Waals surface area contributed by atoms with Crippen LogP contribution in [-0.2, 0) is 9.59 Å². The summed E-state index contributed by atoms with van der Waals surface area (Å²) in [6.45, 7) is 0.954. The van der Waals surface area contributed by atoms with Gasteiger partial charge in [0.25, 0.3) is 0 Å². The summed E-state index contributed by atoms with van der Waals surface area (Å²) < 4.78 is 13.8. The molecule has 2 N–H and O–H groups in total. The second kappa shape index (κ2) is 3.25. The van der Waals surface area contributed by atoms with Crippen LogP contribution in [0.1, 0.15) is 6.92 Å². The van der Waals surface area contributed by atoms with Gasteiger partial charge in [0.15, 0.2) is 5.67 Å². The zero-order chi connectivity index (χ0) is 10.9. The molecule has 0 spiro atoms. The van der Waals surface area contributed by atoms with Crippen molar-refractivity contribution in [1.29, 1.82) is 0 Å². The molecule has 14 heavy (non-hydrogen) atoms. The Balaban J connectivity index is 3.13. The van der Waals surface area contributed by atoms with Crippen LogP contribution in [0.4, 0.5) is 4.39 Å². The van der Waals surface area contributed by atoms with Crippen LogP contribution >= 0.6 is 0 Å². The molecule has 0 saturated carbocycles. The molecule has 0 bridgehead atoms. The van der Waals surface area contributed by atoms with Crippen LogP contribution in [0.2, 0.25) is 0 Å². The Bertz CT molecular complexity index is 341. The van der Waals surface area contributed by atoms with E-state index in [0.29, 0.717) is 0 Å². The molecule has 1 aliphatic carbocycles. The smallest absolute Gasteiger partial charge is 0.334 e. The lowest BCUT2D eigenvalue weighted by molar-refractivity contribution is -0.144. The molecular formula is C9H9FO4. The highest BCUT2D eigenvalue weighted by molar-refractivity contribution is 5.92. The number of hydrogen-bond donors (Lipinski definition) is 2. The minimum atomic E-state index is -2.37. The van der Waals surface area contributed by atoms with Crippen LogP contribution in [0.3, 0.4) is 0 Å². The number of halogens is 1. The molecule has 0 amide bonds. The highest BCUT2D eigenvalue weighted by Gasteiger charge is 2.45. The van der Waals surface area contributed by atoms with Gasteiger partial charge in [0.2, 0.25) is 0 Å². The van der Waals surface area contributed by atoms with Gasteiger partial charge in [-0.1, -0.05) is 12.2 Å². The molecule has 0 radical (unpaired) electrons. The minimum Gasteiger partial charge on any atom is -0.481 e. The van der Waals surface area contributed by atoms with E-state index >= 15 is 0 Å². The van der Waals surface area contributed by atoms with Crippen molar-refractivity contribution >= 4 is 11.9 Å². The van der Waals surface area contributed by atoms with Gasteiger partial charge in [-0.2, -0.15) is 0 Å². The average molecular weight is 200 g/mol.